The Morgan fingerprint density at radius 1 is 1.23 bits per heavy atom. The van der Waals surface area contributed by atoms with E-state index in [0.717, 1.165) is 37.6 Å². The first kappa shape index (κ1) is 16.8. The Kier molecular flexibility index (Phi) is 4.07. The van der Waals surface area contributed by atoms with Gasteiger partial charge in [0.2, 0.25) is 5.91 Å². The molecule has 0 bridgehead atoms. The van der Waals surface area contributed by atoms with Crippen LogP contribution in [0.2, 0.25) is 0 Å². The molecule has 0 saturated carbocycles. The molecular weight excluding hydrogens is 335 g/mol. The second-order valence-corrected chi connectivity index (χ2v) is 6.91. The van der Waals surface area contributed by atoms with Crippen LogP contribution in [0.5, 0.6) is 11.5 Å². The maximum absolute atomic E-state index is 14.6. The van der Waals surface area contributed by atoms with Gasteiger partial charge >= 0.3 is 0 Å². The number of nitrogens with two attached hydrogens (primary N) is 1. The van der Waals surface area contributed by atoms with Crippen LogP contribution in [0.15, 0.2) is 36.4 Å². The molecule has 6 heteroatoms. The summed E-state index contributed by atoms with van der Waals surface area (Å²) in [5, 5.41) is 3.36. The standard InChI is InChI=1S/C20H21FN2O3/c1-20(15-6-5-13(19(22)24)11-16(15)21)25-17-4-2-3-14(18(17)26-20)12-7-9-23-10-8-12/h2-6,11-12,23H,7-10H2,1H3,(H2,22,24)/t20-/m0/s1. The number of piperidine rings is 1. The molecule has 1 atom stereocenters. The predicted octanol–water partition coefficient (Wildman–Crippen LogP) is 3.04. The van der Waals surface area contributed by atoms with Crippen LogP contribution in [0.1, 0.15) is 47.2 Å². The van der Waals surface area contributed by atoms with Crippen molar-refractivity contribution >= 4 is 5.91 Å². The SMILES string of the molecule is C[C@]1(c2ccc(C(N)=O)cc2F)Oc2cccc(C3CCNCC3)c2O1. The van der Waals surface area contributed by atoms with Gasteiger partial charge in [-0.2, -0.15) is 0 Å². The highest BCUT2D eigenvalue weighted by Crippen LogP contribution is 2.49. The number of hydrogen-bond acceptors (Lipinski definition) is 4. The summed E-state index contributed by atoms with van der Waals surface area (Å²) in [6.45, 7) is 3.62. The molecule has 0 aliphatic carbocycles. The molecule has 2 aromatic carbocycles. The zero-order valence-corrected chi connectivity index (χ0v) is 14.5. The normalized spacial score (nSPS) is 22.4. The fourth-order valence-corrected chi connectivity index (χ4v) is 3.75. The molecule has 2 aliphatic heterocycles. The molecule has 2 heterocycles. The van der Waals surface area contributed by atoms with Gasteiger partial charge in [0, 0.05) is 18.1 Å². The lowest BCUT2D eigenvalue weighted by molar-refractivity contribution is -0.0711. The number of para-hydroxylation sites is 1. The van der Waals surface area contributed by atoms with Crippen molar-refractivity contribution in [2.75, 3.05) is 13.1 Å². The molecule has 136 valence electrons. The first-order valence-corrected chi connectivity index (χ1v) is 8.79. The number of rotatable bonds is 3. The average molecular weight is 356 g/mol. The zero-order valence-electron chi connectivity index (χ0n) is 14.5. The Hall–Kier alpha value is -2.60. The fraction of sp³-hybridized carbons (Fsp3) is 0.350. The van der Waals surface area contributed by atoms with Gasteiger partial charge in [-0.1, -0.05) is 12.1 Å². The van der Waals surface area contributed by atoms with Crippen molar-refractivity contribution in [3.05, 3.63) is 58.9 Å². The third-order valence-corrected chi connectivity index (χ3v) is 5.13. The van der Waals surface area contributed by atoms with Crippen molar-refractivity contribution in [2.24, 2.45) is 5.73 Å². The number of benzene rings is 2. The van der Waals surface area contributed by atoms with E-state index in [-0.39, 0.29) is 11.1 Å². The Labute approximate surface area is 151 Å². The van der Waals surface area contributed by atoms with Crippen molar-refractivity contribution in [1.82, 2.24) is 5.32 Å². The second kappa shape index (κ2) is 6.29. The molecule has 1 amide bonds. The molecule has 0 radical (unpaired) electrons. The third kappa shape index (κ3) is 2.80. The average Bonchev–Trinajstić information content (AvgIpc) is 2.99. The van der Waals surface area contributed by atoms with E-state index in [4.69, 9.17) is 15.2 Å². The van der Waals surface area contributed by atoms with Gasteiger partial charge in [0.05, 0.1) is 5.56 Å². The summed E-state index contributed by atoms with van der Waals surface area (Å²) >= 11 is 0. The minimum absolute atomic E-state index is 0.112. The van der Waals surface area contributed by atoms with Gasteiger partial charge in [-0.3, -0.25) is 4.79 Å². The minimum Gasteiger partial charge on any atom is -0.444 e. The molecule has 1 fully saturated rings. The van der Waals surface area contributed by atoms with Gasteiger partial charge in [0.15, 0.2) is 11.5 Å². The number of nitrogens with one attached hydrogen (secondary N) is 1. The molecule has 2 aliphatic rings. The quantitative estimate of drug-likeness (QED) is 0.887. The van der Waals surface area contributed by atoms with Crippen LogP contribution in [0.4, 0.5) is 4.39 Å². The molecule has 4 rings (SSSR count). The van der Waals surface area contributed by atoms with Crippen LogP contribution in [-0.2, 0) is 5.79 Å². The van der Waals surface area contributed by atoms with Gasteiger partial charge in [0.1, 0.15) is 5.82 Å². The molecule has 26 heavy (non-hydrogen) atoms. The summed E-state index contributed by atoms with van der Waals surface area (Å²) in [6, 6.07) is 9.92. The topological polar surface area (TPSA) is 73.6 Å². The number of carbonyl (C=O) groups excluding carboxylic acids is 1. The van der Waals surface area contributed by atoms with Crippen molar-refractivity contribution in [3.63, 3.8) is 0 Å². The van der Waals surface area contributed by atoms with Crippen LogP contribution >= 0.6 is 0 Å². The van der Waals surface area contributed by atoms with E-state index in [2.05, 4.69) is 11.4 Å². The smallest absolute Gasteiger partial charge is 0.278 e. The molecule has 1 saturated heterocycles. The van der Waals surface area contributed by atoms with Crippen molar-refractivity contribution < 1.29 is 18.7 Å². The summed E-state index contributed by atoms with van der Waals surface area (Å²) in [6.07, 6.45) is 2.05. The summed E-state index contributed by atoms with van der Waals surface area (Å²) in [4.78, 5) is 11.3. The fourth-order valence-electron chi connectivity index (χ4n) is 3.75. The maximum Gasteiger partial charge on any atom is 0.278 e. The predicted molar refractivity (Wildman–Crippen MR) is 94.8 cm³/mol. The van der Waals surface area contributed by atoms with E-state index in [1.54, 1.807) is 6.92 Å². The van der Waals surface area contributed by atoms with Gasteiger partial charge < -0.3 is 20.5 Å². The van der Waals surface area contributed by atoms with Crippen LogP contribution in [0.3, 0.4) is 0 Å². The monoisotopic (exact) mass is 356 g/mol. The largest absolute Gasteiger partial charge is 0.444 e. The van der Waals surface area contributed by atoms with Gasteiger partial charge in [-0.05, 0) is 56.1 Å². The lowest BCUT2D eigenvalue weighted by Crippen LogP contribution is -2.33. The molecular formula is C20H21FN2O3. The summed E-state index contributed by atoms with van der Waals surface area (Å²) in [5.74, 6) is -0.863. The number of primary amides is 1. The molecule has 0 spiro atoms. The van der Waals surface area contributed by atoms with Crippen molar-refractivity contribution in [3.8, 4) is 11.5 Å². The number of amides is 1. The maximum atomic E-state index is 14.6. The van der Waals surface area contributed by atoms with Crippen LogP contribution in [-0.4, -0.2) is 19.0 Å². The first-order chi connectivity index (χ1) is 12.5. The summed E-state index contributed by atoms with van der Waals surface area (Å²) in [5.41, 5.74) is 6.66. The lowest BCUT2D eigenvalue weighted by atomic mass is 9.89. The van der Waals surface area contributed by atoms with Crippen LogP contribution in [0.25, 0.3) is 0 Å². The van der Waals surface area contributed by atoms with Gasteiger partial charge in [0.25, 0.3) is 5.79 Å². The number of carbonyl (C=O) groups is 1. The van der Waals surface area contributed by atoms with E-state index in [0.29, 0.717) is 17.4 Å². The van der Waals surface area contributed by atoms with E-state index in [9.17, 15) is 9.18 Å². The Balaban J connectivity index is 1.68. The Bertz CT molecular complexity index is 864. The van der Waals surface area contributed by atoms with E-state index < -0.39 is 17.5 Å². The molecule has 2 aromatic rings. The summed E-state index contributed by atoms with van der Waals surface area (Å²) < 4.78 is 26.8. The molecule has 0 aromatic heterocycles. The third-order valence-electron chi connectivity index (χ3n) is 5.13. The van der Waals surface area contributed by atoms with Crippen molar-refractivity contribution in [1.29, 1.82) is 0 Å². The minimum atomic E-state index is -1.29. The summed E-state index contributed by atoms with van der Waals surface area (Å²) in [7, 11) is 0. The first-order valence-electron chi connectivity index (χ1n) is 8.79. The Morgan fingerprint density at radius 3 is 2.69 bits per heavy atom. The van der Waals surface area contributed by atoms with Gasteiger partial charge in [-0.15, -0.1) is 0 Å². The van der Waals surface area contributed by atoms with Crippen LogP contribution < -0.4 is 20.5 Å². The van der Waals surface area contributed by atoms with E-state index in [1.165, 1.54) is 12.1 Å². The van der Waals surface area contributed by atoms with Crippen molar-refractivity contribution in [2.45, 2.75) is 31.5 Å². The molecule has 5 nitrogen and oxygen atoms in total. The highest BCUT2D eigenvalue weighted by molar-refractivity contribution is 5.92. The van der Waals surface area contributed by atoms with Crippen LogP contribution in [0, 0.1) is 5.82 Å². The molecule has 3 N–H and O–H groups in total. The molecule has 0 unspecified atom stereocenters. The van der Waals surface area contributed by atoms with E-state index in [1.807, 2.05) is 12.1 Å². The second-order valence-electron chi connectivity index (χ2n) is 6.91. The highest BCUT2D eigenvalue weighted by Gasteiger charge is 2.42. The Morgan fingerprint density at radius 2 is 2.00 bits per heavy atom. The van der Waals surface area contributed by atoms with E-state index >= 15 is 0 Å². The number of halogens is 1. The number of fused-ring (bicyclic) bond motifs is 1. The van der Waals surface area contributed by atoms with Gasteiger partial charge in [-0.25, -0.2) is 4.39 Å². The number of hydrogen-bond donors (Lipinski definition) is 2. The number of ether oxygens (including phenoxy) is 2. The lowest BCUT2D eigenvalue weighted by Gasteiger charge is -2.26. The zero-order chi connectivity index (χ0) is 18.3. The highest BCUT2D eigenvalue weighted by atomic mass is 19.1.